The molecule has 0 saturated carbocycles. The van der Waals surface area contributed by atoms with Crippen LogP contribution in [0.4, 0.5) is 0 Å². The zero-order valence-corrected chi connectivity index (χ0v) is 23.8. The van der Waals surface area contributed by atoms with E-state index in [4.69, 9.17) is 18.9 Å². The third-order valence-electron chi connectivity index (χ3n) is 6.58. The van der Waals surface area contributed by atoms with E-state index in [0.29, 0.717) is 0 Å². The minimum atomic E-state index is -2.45. The van der Waals surface area contributed by atoms with Crippen LogP contribution in [0.1, 0.15) is 44.9 Å². The van der Waals surface area contributed by atoms with Gasteiger partial charge in [0.15, 0.2) is 11.9 Å². The van der Waals surface area contributed by atoms with Crippen molar-refractivity contribution in [3.63, 3.8) is 0 Å². The highest BCUT2D eigenvalue weighted by Gasteiger charge is 2.64. The molecule has 1 aliphatic rings. The highest BCUT2D eigenvalue weighted by Crippen LogP contribution is 2.39. The van der Waals surface area contributed by atoms with Gasteiger partial charge in [0.05, 0.1) is 16.7 Å². The quantitative estimate of drug-likeness (QED) is 0.192. The number of benzene rings is 3. The Hall–Kier alpha value is -5.60. The highest BCUT2D eigenvalue weighted by molar-refractivity contribution is 5.91. The molecule has 44 heavy (non-hydrogen) atoms. The molecule has 1 aliphatic heterocycles. The van der Waals surface area contributed by atoms with Crippen LogP contribution in [0.2, 0.25) is 0 Å². The first-order valence-electron chi connectivity index (χ1n) is 13.5. The number of esters is 3. The highest BCUT2D eigenvalue weighted by atomic mass is 16.7. The normalized spacial score (nSPS) is 20.7. The van der Waals surface area contributed by atoms with Crippen molar-refractivity contribution in [2.75, 3.05) is 6.61 Å². The molecule has 1 saturated heterocycles. The lowest BCUT2D eigenvalue weighted by molar-refractivity contribution is -0.162. The number of ketones is 1. The molecule has 0 spiro atoms. The van der Waals surface area contributed by atoms with Crippen molar-refractivity contribution in [3.8, 4) is 6.07 Å². The fraction of sp³-hybridized carbons (Fsp3) is 0.212. The minimum absolute atomic E-state index is 0.0973. The van der Waals surface area contributed by atoms with Crippen LogP contribution < -0.4 is 0 Å². The summed E-state index contributed by atoms with van der Waals surface area (Å²) in [6, 6.07) is 25.6. The Morgan fingerprint density at radius 3 is 1.73 bits per heavy atom. The Morgan fingerprint density at radius 1 is 0.795 bits per heavy atom. The van der Waals surface area contributed by atoms with Crippen LogP contribution in [-0.2, 0) is 28.5 Å². The number of nitriles is 1. The molecule has 1 heterocycles. The van der Waals surface area contributed by atoms with Gasteiger partial charge in [-0.15, -0.1) is 0 Å². The Bertz CT molecular complexity index is 1590. The van der Waals surface area contributed by atoms with Crippen LogP contribution in [0.25, 0.3) is 0 Å². The van der Waals surface area contributed by atoms with Gasteiger partial charge < -0.3 is 18.9 Å². The lowest BCUT2D eigenvalue weighted by atomic mass is 10.0. The molecule has 0 bridgehead atoms. The number of rotatable bonds is 10. The summed E-state index contributed by atoms with van der Waals surface area (Å²) >= 11 is 0. The van der Waals surface area contributed by atoms with Gasteiger partial charge in [0.25, 0.3) is 5.72 Å². The molecule has 11 heteroatoms. The Balaban J connectivity index is 1.79. The molecule has 224 valence electrons. The van der Waals surface area contributed by atoms with E-state index >= 15 is 0 Å². The minimum Gasteiger partial charge on any atom is -0.459 e. The zero-order valence-electron chi connectivity index (χ0n) is 23.8. The second-order valence-corrected chi connectivity index (χ2v) is 9.67. The predicted octanol–water partition coefficient (Wildman–Crippen LogP) is 3.86. The first-order valence-corrected chi connectivity index (χ1v) is 13.5. The Labute approximate surface area is 253 Å². The summed E-state index contributed by atoms with van der Waals surface area (Å²) in [7, 11) is 0. The number of carbonyl (C=O) groups is 5. The monoisotopic (exact) mass is 596 g/mol. The second kappa shape index (κ2) is 14.0. The molecule has 0 N–H and O–H groups in total. The van der Waals surface area contributed by atoms with Gasteiger partial charge in [0, 0.05) is 13.1 Å². The van der Waals surface area contributed by atoms with Crippen LogP contribution in [0.15, 0.2) is 103 Å². The molecular formula is C33H28N2O9. The molecule has 4 rings (SSSR count). The molecule has 3 aromatic carbocycles. The summed E-state index contributed by atoms with van der Waals surface area (Å²) in [5.41, 5.74) is -2.00. The number of hydrogen-bond donors (Lipinski definition) is 0. The third-order valence-corrected chi connectivity index (χ3v) is 6.58. The lowest BCUT2D eigenvalue weighted by Gasteiger charge is -2.35. The van der Waals surface area contributed by atoms with E-state index in [-0.39, 0.29) is 16.7 Å². The van der Waals surface area contributed by atoms with E-state index in [1.807, 2.05) is 6.07 Å². The predicted molar refractivity (Wildman–Crippen MR) is 154 cm³/mol. The first kappa shape index (κ1) is 31.3. The van der Waals surface area contributed by atoms with Gasteiger partial charge in [0.2, 0.25) is 12.0 Å². The molecule has 3 aromatic rings. The maximum absolute atomic E-state index is 13.3. The van der Waals surface area contributed by atoms with Crippen molar-refractivity contribution >= 4 is 29.6 Å². The van der Waals surface area contributed by atoms with E-state index in [0.717, 1.165) is 24.1 Å². The van der Waals surface area contributed by atoms with Gasteiger partial charge in [0.1, 0.15) is 18.8 Å². The van der Waals surface area contributed by atoms with Crippen LogP contribution in [-0.4, -0.2) is 65.1 Å². The summed E-state index contributed by atoms with van der Waals surface area (Å²) < 4.78 is 23.1. The summed E-state index contributed by atoms with van der Waals surface area (Å²) in [4.78, 5) is 64.9. The maximum atomic E-state index is 13.3. The van der Waals surface area contributed by atoms with Gasteiger partial charge in [-0.3, -0.25) is 14.5 Å². The SMILES string of the molecule is CC(=O)/C=C\N(C(C)=O)[C@]1(C#N)O[C@H](COC(=O)c2ccccc2)[C@@H](OC(=O)c2ccccc2)[C@H]1OC(=O)c1ccccc1. The number of ether oxygens (including phenoxy) is 4. The van der Waals surface area contributed by atoms with E-state index in [9.17, 15) is 29.2 Å². The molecule has 0 unspecified atom stereocenters. The summed E-state index contributed by atoms with van der Waals surface area (Å²) in [6.07, 6.45) is -2.70. The van der Waals surface area contributed by atoms with Crippen molar-refractivity contribution in [2.45, 2.75) is 37.9 Å². The topological polar surface area (TPSA) is 149 Å². The third kappa shape index (κ3) is 7.06. The smallest absolute Gasteiger partial charge is 0.338 e. The fourth-order valence-electron chi connectivity index (χ4n) is 4.50. The summed E-state index contributed by atoms with van der Waals surface area (Å²) in [5, 5.41) is 10.6. The molecule has 0 radical (unpaired) electrons. The number of carbonyl (C=O) groups excluding carboxylic acids is 5. The van der Waals surface area contributed by atoms with Crippen molar-refractivity contribution in [2.24, 2.45) is 0 Å². The molecular weight excluding hydrogens is 568 g/mol. The van der Waals surface area contributed by atoms with E-state index in [2.05, 4.69) is 0 Å². The Morgan fingerprint density at radius 2 is 1.27 bits per heavy atom. The lowest BCUT2D eigenvalue weighted by Crippen LogP contribution is -2.57. The average molecular weight is 597 g/mol. The molecule has 1 fully saturated rings. The Kier molecular flexibility index (Phi) is 10.0. The molecule has 0 aromatic heterocycles. The summed E-state index contributed by atoms with van der Waals surface area (Å²) in [6.45, 7) is 1.77. The molecule has 1 amide bonds. The number of nitrogens with zero attached hydrogens (tertiary/aromatic N) is 2. The van der Waals surface area contributed by atoms with E-state index in [1.165, 1.54) is 43.3 Å². The number of amides is 1. The van der Waals surface area contributed by atoms with Crippen LogP contribution in [0.3, 0.4) is 0 Å². The molecule has 4 atom stereocenters. The number of allylic oxidation sites excluding steroid dienone is 1. The van der Waals surface area contributed by atoms with E-state index < -0.39 is 60.2 Å². The van der Waals surface area contributed by atoms with Crippen molar-refractivity contribution < 1.29 is 42.9 Å². The maximum Gasteiger partial charge on any atom is 0.338 e. The van der Waals surface area contributed by atoms with Gasteiger partial charge in [-0.2, -0.15) is 5.26 Å². The molecule has 11 nitrogen and oxygen atoms in total. The zero-order chi connectivity index (χ0) is 31.7. The van der Waals surface area contributed by atoms with Crippen LogP contribution in [0.5, 0.6) is 0 Å². The second-order valence-electron chi connectivity index (χ2n) is 9.67. The van der Waals surface area contributed by atoms with Gasteiger partial charge in [-0.25, -0.2) is 14.4 Å². The van der Waals surface area contributed by atoms with Gasteiger partial charge in [-0.1, -0.05) is 54.6 Å². The largest absolute Gasteiger partial charge is 0.459 e. The summed E-state index contributed by atoms with van der Waals surface area (Å²) in [5.74, 6) is -3.74. The van der Waals surface area contributed by atoms with Crippen LogP contribution >= 0.6 is 0 Å². The molecule has 0 aliphatic carbocycles. The standard InChI is InChI=1S/C33H28N2O9/c1-22(36)18-19-35(23(2)37)33(21-34)29(43-32(40)26-16-10-5-11-17-26)28(42-31(39)25-14-8-4-9-15-25)27(44-33)20-41-30(38)24-12-6-3-7-13-24/h3-19,27-29H,20H2,1-2H3/b19-18-/t27-,28-,29-,33-/m1/s1. The number of hydrogen-bond acceptors (Lipinski definition) is 10. The van der Waals surface area contributed by atoms with Crippen LogP contribution in [0, 0.1) is 11.3 Å². The van der Waals surface area contributed by atoms with E-state index in [1.54, 1.807) is 54.6 Å². The van der Waals surface area contributed by atoms with Crippen molar-refractivity contribution in [3.05, 3.63) is 120 Å². The first-order chi connectivity index (χ1) is 21.2. The fourth-order valence-corrected chi connectivity index (χ4v) is 4.50. The van der Waals surface area contributed by atoms with Gasteiger partial charge >= 0.3 is 17.9 Å². The van der Waals surface area contributed by atoms with Gasteiger partial charge in [-0.05, 0) is 49.4 Å². The van der Waals surface area contributed by atoms with Crippen molar-refractivity contribution in [1.29, 1.82) is 5.26 Å². The van der Waals surface area contributed by atoms with Crippen molar-refractivity contribution in [1.82, 2.24) is 4.90 Å². The average Bonchev–Trinajstić information content (AvgIpc) is 3.32.